The fourth-order valence-electron chi connectivity index (χ4n) is 11.8. The number of nitrogens with two attached hydrogens (primary N) is 1. The van der Waals surface area contributed by atoms with Gasteiger partial charge in [0.1, 0.15) is 36.2 Å². The molecule has 20 nitrogen and oxygen atoms in total. The number of phenols is 1. The van der Waals surface area contributed by atoms with E-state index in [0.717, 1.165) is 97.9 Å². The van der Waals surface area contributed by atoms with Gasteiger partial charge in [-0.15, -0.1) is 21.5 Å². The largest absolute Gasteiger partial charge is 0.507 e. The molecule has 21 heteroatoms. The summed E-state index contributed by atoms with van der Waals surface area (Å²) in [6.07, 6.45) is 6.87. The number of β-amino-alcohol motifs (C(OH)–C–C–N with tert-alkyl or cyclic N) is 1. The number of aryl methyl sites for hydroxylation is 1. The van der Waals surface area contributed by atoms with E-state index >= 15 is 0 Å². The Balaban J connectivity index is 0.601. The highest BCUT2D eigenvalue weighted by atomic mass is 32.1. The van der Waals surface area contributed by atoms with Crippen molar-refractivity contribution < 1.29 is 38.5 Å². The molecule has 5 aliphatic rings. The smallest absolute Gasteiger partial charge is 0.318 e. The van der Waals surface area contributed by atoms with Crippen LogP contribution < -0.4 is 30.3 Å². The number of aromatic hydroxyl groups is 1. The Morgan fingerprint density at radius 2 is 1.68 bits per heavy atom. The summed E-state index contributed by atoms with van der Waals surface area (Å²) >= 11 is 1.59. The molecular weight excluding hydrogens is 1000 g/mol. The minimum Gasteiger partial charge on any atom is -0.507 e. The summed E-state index contributed by atoms with van der Waals surface area (Å²) in [4.78, 5) is 51.4. The van der Waals surface area contributed by atoms with Crippen LogP contribution >= 0.6 is 11.3 Å². The molecule has 4 aliphatic heterocycles. The zero-order valence-corrected chi connectivity index (χ0v) is 44.8. The molecule has 2 bridgehead atoms. The average molecular weight is 1070 g/mol. The molecule has 6 atom stereocenters. The SMILES string of the molecule is Cc1ncsc1-c1ccc([C@H](C)NC(=O)[C@@H]2C[C@@H](O)CN2C(=O)[C@H](c2cc(OCCN3CCC(OC4CC(Oc5nccc(N6C7CC[C@@H]6CN(c6cc(-c8ccccc8O)nnc6N)C7)n5)C4)CC3)no2)C(C)C)cc1. The lowest BCUT2D eigenvalue weighted by atomic mass is 9.91. The highest BCUT2D eigenvalue weighted by Gasteiger charge is 2.45. The third kappa shape index (κ3) is 11.4. The second kappa shape index (κ2) is 22.6. The summed E-state index contributed by atoms with van der Waals surface area (Å²) in [5, 5.41) is 37.0. The van der Waals surface area contributed by atoms with Gasteiger partial charge >= 0.3 is 6.01 Å². The van der Waals surface area contributed by atoms with Crippen LogP contribution in [0.25, 0.3) is 21.7 Å². The molecule has 2 aromatic carbocycles. The van der Waals surface area contributed by atoms with Crippen LogP contribution in [-0.4, -0.2) is 151 Å². The van der Waals surface area contributed by atoms with Gasteiger partial charge < -0.3 is 54.7 Å². The number of nitrogens with one attached hydrogen (secondary N) is 1. The quantitative estimate of drug-likeness (QED) is 0.0713. The van der Waals surface area contributed by atoms with Crippen LogP contribution in [-0.2, 0) is 14.3 Å². The predicted molar refractivity (Wildman–Crippen MR) is 290 cm³/mol. The molecule has 11 rings (SSSR count). The highest BCUT2D eigenvalue weighted by molar-refractivity contribution is 7.13. The molecule has 4 aromatic heterocycles. The van der Waals surface area contributed by atoms with Crippen molar-refractivity contribution in [3.05, 3.63) is 95.5 Å². The number of para-hydroxylation sites is 1. The number of likely N-dealkylation sites (tertiary alicyclic amines) is 2. The van der Waals surface area contributed by atoms with Crippen LogP contribution in [0.5, 0.6) is 17.6 Å². The van der Waals surface area contributed by atoms with Gasteiger partial charge in [-0.25, -0.2) is 9.97 Å². The fraction of sp³-hybridized carbons (Fsp3) is 0.500. The van der Waals surface area contributed by atoms with Gasteiger partial charge in [0.05, 0.1) is 51.8 Å². The number of benzene rings is 2. The summed E-state index contributed by atoms with van der Waals surface area (Å²) in [5.74, 6) is 0.524. The summed E-state index contributed by atoms with van der Waals surface area (Å²) in [6, 6.07) is 20.4. The first-order valence-corrected chi connectivity index (χ1v) is 27.9. The Labute approximate surface area is 451 Å². The first-order chi connectivity index (χ1) is 37.3. The van der Waals surface area contributed by atoms with Crippen molar-refractivity contribution in [2.75, 3.05) is 61.4 Å². The lowest BCUT2D eigenvalue weighted by molar-refractivity contribution is -0.141. The number of carbonyl (C=O) groups is 2. The van der Waals surface area contributed by atoms with Crippen molar-refractivity contribution in [2.45, 2.75) is 127 Å². The lowest BCUT2D eigenvalue weighted by Crippen LogP contribution is -2.54. The fourth-order valence-corrected chi connectivity index (χ4v) is 12.6. The van der Waals surface area contributed by atoms with Crippen LogP contribution in [0.15, 0.2) is 83.0 Å². The average Bonchev–Trinajstić information content (AvgIpc) is 4.23. The molecule has 4 saturated heterocycles. The molecular formula is C56H68N12O8S. The number of piperidine rings is 1. The number of piperazine rings is 1. The van der Waals surface area contributed by atoms with E-state index in [2.05, 4.69) is 45.3 Å². The molecule has 5 N–H and O–H groups in total. The number of carbonyl (C=O) groups excluding carboxylic acids is 2. The zero-order chi connectivity index (χ0) is 53.3. The number of hydrogen-bond acceptors (Lipinski definition) is 19. The highest BCUT2D eigenvalue weighted by Crippen LogP contribution is 2.40. The van der Waals surface area contributed by atoms with Gasteiger partial charge in [-0.1, -0.05) is 50.2 Å². The molecule has 5 fully saturated rings. The molecule has 0 spiro atoms. The molecule has 2 amide bonds. The van der Waals surface area contributed by atoms with Crippen LogP contribution in [0.3, 0.4) is 0 Å². The molecule has 406 valence electrons. The summed E-state index contributed by atoms with van der Waals surface area (Å²) in [5.41, 5.74) is 13.2. The molecule has 6 aromatic rings. The van der Waals surface area contributed by atoms with Crippen molar-refractivity contribution >= 4 is 40.5 Å². The predicted octanol–water partition coefficient (Wildman–Crippen LogP) is 6.55. The van der Waals surface area contributed by atoms with Gasteiger partial charge in [0, 0.05) is 88.4 Å². The van der Waals surface area contributed by atoms with Crippen molar-refractivity contribution in [3.63, 3.8) is 0 Å². The first-order valence-electron chi connectivity index (χ1n) is 27.0. The van der Waals surface area contributed by atoms with E-state index < -0.39 is 18.1 Å². The Bertz CT molecular complexity index is 3000. The molecule has 1 unspecified atom stereocenters. The maximum atomic E-state index is 14.2. The summed E-state index contributed by atoms with van der Waals surface area (Å²) in [6.45, 7) is 12.2. The Hall–Kier alpha value is -6.94. The molecule has 0 radical (unpaired) electrons. The molecule has 77 heavy (non-hydrogen) atoms. The van der Waals surface area contributed by atoms with Gasteiger partial charge in [-0.3, -0.25) is 14.5 Å². The minimum absolute atomic E-state index is 0.00671. The summed E-state index contributed by atoms with van der Waals surface area (Å²) < 4.78 is 24.6. The number of hydrogen-bond donors (Lipinski definition) is 4. The van der Waals surface area contributed by atoms with Crippen molar-refractivity contribution in [1.29, 1.82) is 0 Å². The van der Waals surface area contributed by atoms with E-state index in [4.69, 9.17) is 29.5 Å². The van der Waals surface area contributed by atoms with Crippen molar-refractivity contribution in [2.24, 2.45) is 5.92 Å². The number of amides is 2. The number of nitrogen functional groups attached to an aromatic ring is 1. The standard InChI is InChI=1S/C56H68N12O8S/c1-32(2)51(55(72)67-30-39(69)23-46(67)54(71)60-33(3)35-9-11-36(12-10-35)52-34(4)59-31-77-52)48-27-50(64-76-48)73-22-21-65-19-16-40(17-20-65)74-41-24-42(25-41)75-56-58-18-15-49(61-56)68-37-13-14-38(68)29-66(28-37)45-26-44(62-63-53(45)57)43-7-5-6-8-47(43)70/h5-12,15,18,26-27,31-33,37-42,46,51,69-70H,13-14,16-17,19-25,28-30H2,1-4H3,(H2,57,63)(H,60,71)/t33-,37+,38?,39+,41?,42?,46-,51-/m0/s1. The van der Waals surface area contributed by atoms with Gasteiger partial charge in [-0.05, 0) is 86.0 Å². The normalized spacial score (nSPS) is 23.5. The van der Waals surface area contributed by atoms with Crippen LogP contribution in [0, 0.1) is 12.8 Å². The topological polar surface area (TPSA) is 244 Å². The van der Waals surface area contributed by atoms with Crippen LogP contribution in [0.2, 0.25) is 0 Å². The van der Waals surface area contributed by atoms with E-state index in [1.165, 1.54) is 4.90 Å². The van der Waals surface area contributed by atoms with Crippen LogP contribution in [0.4, 0.5) is 17.3 Å². The van der Waals surface area contributed by atoms with E-state index in [1.807, 2.05) is 81.7 Å². The van der Waals surface area contributed by atoms with Gasteiger partial charge in [-0.2, -0.15) is 4.98 Å². The van der Waals surface area contributed by atoms with Gasteiger partial charge in [0.15, 0.2) is 11.6 Å². The second-order valence-corrected chi connectivity index (χ2v) is 22.4. The van der Waals surface area contributed by atoms with Crippen molar-refractivity contribution in [3.8, 4) is 39.3 Å². The van der Waals surface area contributed by atoms with E-state index in [-0.39, 0.29) is 72.9 Å². The second-order valence-electron chi connectivity index (χ2n) is 21.6. The molecule has 1 aliphatic carbocycles. The Morgan fingerprint density at radius 1 is 0.909 bits per heavy atom. The minimum atomic E-state index is -0.832. The number of nitrogens with zero attached hydrogens (tertiary/aromatic N) is 10. The number of aliphatic hydroxyl groups excluding tert-OH is 1. The first kappa shape index (κ1) is 52.1. The lowest BCUT2D eigenvalue weighted by Gasteiger charge is -2.43. The van der Waals surface area contributed by atoms with E-state index in [0.29, 0.717) is 47.9 Å². The maximum absolute atomic E-state index is 14.2. The number of rotatable bonds is 18. The number of phenolic OH excluding ortho intramolecular Hbond substituents is 1. The number of anilines is 3. The number of thiazole rings is 1. The number of fused-ring (bicyclic) bond motifs is 2. The third-order valence-electron chi connectivity index (χ3n) is 16.0. The molecule has 8 heterocycles. The maximum Gasteiger partial charge on any atom is 0.318 e. The zero-order valence-electron chi connectivity index (χ0n) is 44.0. The Kier molecular flexibility index (Phi) is 15.3. The van der Waals surface area contributed by atoms with E-state index in [9.17, 15) is 19.8 Å². The van der Waals surface area contributed by atoms with Gasteiger partial charge in [0.25, 0.3) is 5.88 Å². The Morgan fingerprint density at radius 3 is 2.40 bits per heavy atom. The molecule has 1 saturated carbocycles. The van der Waals surface area contributed by atoms with Gasteiger partial charge in [0.2, 0.25) is 11.8 Å². The van der Waals surface area contributed by atoms with Crippen molar-refractivity contribution in [1.82, 2.24) is 45.4 Å². The number of aliphatic hydroxyl groups is 1. The monoisotopic (exact) mass is 1070 g/mol. The van der Waals surface area contributed by atoms with E-state index in [1.54, 1.807) is 35.7 Å². The summed E-state index contributed by atoms with van der Waals surface area (Å²) in [7, 11) is 0. The van der Waals surface area contributed by atoms with Crippen LogP contribution in [0.1, 0.15) is 94.7 Å². The third-order valence-corrected chi connectivity index (χ3v) is 17.0. The number of aromatic nitrogens is 6. The number of ether oxygens (including phenoxy) is 3.